The third-order valence-electron chi connectivity index (χ3n) is 1.31. The smallest absolute Gasteiger partial charge is 0.147 e. The summed E-state index contributed by atoms with van der Waals surface area (Å²) in [6, 6.07) is 3.51. The Hall–Kier alpha value is -1.27. The molecule has 4 heteroatoms. The predicted molar refractivity (Wildman–Crippen MR) is 49.7 cm³/mol. The maximum atomic E-state index is 8.65. The summed E-state index contributed by atoms with van der Waals surface area (Å²) in [5.74, 6) is 0.566. The number of nitrogens with zero attached hydrogens (tertiary/aromatic N) is 2. The maximum Gasteiger partial charge on any atom is 0.147 e. The molecule has 1 heterocycles. The molecule has 0 atom stereocenters. The van der Waals surface area contributed by atoms with Gasteiger partial charge < -0.3 is 4.74 Å². The molecule has 1 aromatic rings. The summed E-state index contributed by atoms with van der Waals surface area (Å²) in [7, 11) is 0. The van der Waals surface area contributed by atoms with E-state index in [4.69, 9.17) is 21.6 Å². The van der Waals surface area contributed by atoms with Crippen LogP contribution in [0.3, 0.4) is 0 Å². The molecule has 1 rings (SSSR count). The van der Waals surface area contributed by atoms with Gasteiger partial charge in [0.2, 0.25) is 0 Å². The highest BCUT2D eigenvalue weighted by molar-refractivity contribution is 6.30. The normalized spacial score (nSPS) is 9.77. The highest BCUT2D eigenvalue weighted by Gasteiger charge is 2.04. The zero-order valence-electron chi connectivity index (χ0n) is 7.41. The molecule has 0 bridgehead atoms. The molecule has 0 radical (unpaired) electrons. The van der Waals surface area contributed by atoms with E-state index in [1.165, 1.54) is 6.20 Å². The standard InChI is InChI=1S/C9H9ClN2O/c1-6(2)13-8-3-7(4-11)9(10)12-5-8/h3,5-6H,1-2H3. The first-order chi connectivity index (χ1) is 6.13. The molecular formula is C9H9ClN2O. The summed E-state index contributed by atoms with van der Waals surface area (Å²) in [5, 5.41) is 8.85. The molecule has 0 spiro atoms. The Kier molecular flexibility index (Phi) is 3.10. The van der Waals surface area contributed by atoms with Crippen LogP contribution in [-0.2, 0) is 0 Å². The summed E-state index contributed by atoms with van der Waals surface area (Å²) < 4.78 is 5.34. The number of pyridine rings is 1. The average Bonchev–Trinajstić information content (AvgIpc) is 2.07. The number of halogens is 1. The van der Waals surface area contributed by atoms with Gasteiger partial charge in [-0.25, -0.2) is 4.98 Å². The molecule has 1 aromatic heterocycles. The van der Waals surface area contributed by atoms with Crippen molar-refractivity contribution in [3.8, 4) is 11.8 Å². The molecule has 68 valence electrons. The van der Waals surface area contributed by atoms with Crippen LogP contribution in [0.25, 0.3) is 0 Å². The second-order valence-electron chi connectivity index (χ2n) is 2.79. The summed E-state index contributed by atoms with van der Waals surface area (Å²) in [5.41, 5.74) is 0.333. The van der Waals surface area contributed by atoms with Crippen molar-refractivity contribution in [1.29, 1.82) is 5.26 Å². The molecule has 0 aliphatic heterocycles. The van der Waals surface area contributed by atoms with Gasteiger partial charge in [-0.1, -0.05) is 11.6 Å². The molecule has 0 unspecified atom stereocenters. The Morgan fingerprint density at radius 2 is 2.31 bits per heavy atom. The Labute approximate surface area is 81.9 Å². The van der Waals surface area contributed by atoms with Crippen molar-refractivity contribution in [2.24, 2.45) is 0 Å². The van der Waals surface area contributed by atoms with Crippen LogP contribution in [-0.4, -0.2) is 11.1 Å². The first kappa shape index (κ1) is 9.82. The van der Waals surface area contributed by atoms with Gasteiger partial charge in [-0.2, -0.15) is 5.26 Å². The van der Waals surface area contributed by atoms with Crippen LogP contribution >= 0.6 is 11.6 Å². The van der Waals surface area contributed by atoms with Crippen LogP contribution < -0.4 is 4.74 Å². The van der Waals surface area contributed by atoms with Crippen LogP contribution in [0.1, 0.15) is 19.4 Å². The first-order valence-electron chi connectivity index (χ1n) is 3.85. The predicted octanol–water partition coefficient (Wildman–Crippen LogP) is 2.39. The molecule has 0 saturated heterocycles. The van der Waals surface area contributed by atoms with Crippen molar-refractivity contribution in [2.45, 2.75) is 20.0 Å². The summed E-state index contributed by atoms with van der Waals surface area (Å²) >= 11 is 5.64. The quantitative estimate of drug-likeness (QED) is 0.683. The fraction of sp³-hybridized carbons (Fsp3) is 0.333. The van der Waals surface area contributed by atoms with Crippen molar-refractivity contribution >= 4 is 11.6 Å². The third kappa shape index (κ3) is 2.60. The molecule has 0 aliphatic rings. The van der Waals surface area contributed by atoms with E-state index in [0.29, 0.717) is 11.3 Å². The molecular weight excluding hydrogens is 188 g/mol. The van der Waals surface area contributed by atoms with E-state index in [-0.39, 0.29) is 11.3 Å². The largest absolute Gasteiger partial charge is 0.489 e. The van der Waals surface area contributed by atoms with Crippen LogP contribution in [0.5, 0.6) is 5.75 Å². The maximum absolute atomic E-state index is 8.65. The van der Waals surface area contributed by atoms with E-state index >= 15 is 0 Å². The average molecular weight is 197 g/mol. The molecule has 0 N–H and O–H groups in total. The molecule has 0 aliphatic carbocycles. The Morgan fingerprint density at radius 1 is 1.62 bits per heavy atom. The zero-order chi connectivity index (χ0) is 9.84. The van der Waals surface area contributed by atoms with Gasteiger partial charge in [-0.3, -0.25) is 0 Å². The van der Waals surface area contributed by atoms with Crippen molar-refractivity contribution < 1.29 is 4.74 Å². The van der Waals surface area contributed by atoms with Gasteiger partial charge in [0.15, 0.2) is 0 Å². The number of ether oxygens (including phenoxy) is 1. The van der Waals surface area contributed by atoms with E-state index in [1.807, 2.05) is 19.9 Å². The minimum absolute atomic E-state index is 0.0644. The Bertz CT molecular complexity index is 344. The van der Waals surface area contributed by atoms with E-state index in [1.54, 1.807) is 6.07 Å². The second kappa shape index (κ2) is 4.11. The van der Waals surface area contributed by atoms with Crippen LogP contribution in [0.2, 0.25) is 5.15 Å². The number of hydrogen-bond acceptors (Lipinski definition) is 3. The van der Waals surface area contributed by atoms with Gasteiger partial charge in [0.1, 0.15) is 17.0 Å². The number of nitriles is 1. The highest BCUT2D eigenvalue weighted by atomic mass is 35.5. The minimum atomic E-state index is 0.0644. The molecule has 3 nitrogen and oxygen atoms in total. The van der Waals surface area contributed by atoms with Gasteiger partial charge in [-0.05, 0) is 13.8 Å². The second-order valence-corrected chi connectivity index (χ2v) is 3.15. The van der Waals surface area contributed by atoms with Gasteiger partial charge in [-0.15, -0.1) is 0 Å². The van der Waals surface area contributed by atoms with Gasteiger partial charge in [0.05, 0.1) is 17.9 Å². The molecule has 0 saturated carbocycles. The van der Waals surface area contributed by atoms with E-state index < -0.39 is 0 Å². The van der Waals surface area contributed by atoms with Crippen molar-refractivity contribution in [2.75, 3.05) is 0 Å². The van der Waals surface area contributed by atoms with Crippen LogP contribution in [0.15, 0.2) is 12.3 Å². The van der Waals surface area contributed by atoms with Crippen molar-refractivity contribution in [1.82, 2.24) is 4.98 Å². The van der Waals surface area contributed by atoms with Crippen LogP contribution in [0.4, 0.5) is 0 Å². The fourth-order valence-corrected chi connectivity index (χ4v) is 0.990. The molecule has 13 heavy (non-hydrogen) atoms. The van der Waals surface area contributed by atoms with E-state index in [2.05, 4.69) is 4.98 Å². The lowest BCUT2D eigenvalue weighted by atomic mass is 10.3. The monoisotopic (exact) mass is 196 g/mol. The zero-order valence-corrected chi connectivity index (χ0v) is 8.17. The Morgan fingerprint density at radius 3 is 2.85 bits per heavy atom. The van der Waals surface area contributed by atoms with Crippen molar-refractivity contribution in [3.63, 3.8) is 0 Å². The first-order valence-corrected chi connectivity index (χ1v) is 4.23. The topological polar surface area (TPSA) is 45.9 Å². The SMILES string of the molecule is CC(C)Oc1cnc(Cl)c(C#N)c1. The highest BCUT2D eigenvalue weighted by Crippen LogP contribution is 2.18. The molecule has 0 amide bonds. The fourth-order valence-electron chi connectivity index (χ4n) is 0.844. The summed E-state index contributed by atoms with van der Waals surface area (Å²) in [4.78, 5) is 3.82. The lowest BCUT2D eigenvalue weighted by Crippen LogP contribution is -2.05. The van der Waals surface area contributed by atoms with Gasteiger partial charge >= 0.3 is 0 Å². The number of hydrogen-bond donors (Lipinski definition) is 0. The van der Waals surface area contributed by atoms with Gasteiger partial charge in [0.25, 0.3) is 0 Å². The number of aromatic nitrogens is 1. The molecule has 0 fully saturated rings. The van der Waals surface area contributed by atoms with Gasteiger partial charge in [0, 0.05) is 6.07 Å². The van der Waals surface area contributed by atoms with E-state index in [9.17, 15) is 0 Å². The summed E-state index contributed by atoms with van der Waals surface area (Å²) in [6.07, 6.45) is 1.57. The van der Waals surface area contributed by atoms with Crippen molar-refractivity contribution in [3.05, 3.63) is 23.0 Å². The third-order valence-corrected chi connectivity index (χ3v) is 1.61. The van der Waals surface area contributed by atoms with E-state index in [0.717, 1.165) is 0 Å². The lowest BCUT2D eigenvalue weighted by molar-refractivity contribution is 0.241. The number of rotatable bonds is 2. The lowest BCUT2D eigenvalue weighted by Gasteiger charge is -2.08. The summed E-state index contributed by atoms with van der Waals surface area (Å²) in [6.45, 7) is 3.81. The minimum Gasteiger partial charge on any atom is -0.489 e. The molecule has 0 aromatic carbocycles. The van der Waals surface area contributed by atoms with Crippen LogP contribution in [0, 0.1) is 11.3 Å². The Balaban J connectivity index is 2.95.